The van der Waals surface area contributed by atoms with Gasteiger partial charge in [-0.2, -0.15) is 5.10 Å². The van der Waals surface area contributed by atoms with Gasteiger partial charge in [-0.15, -0.1) is 0 Å². The summed E-state index contributed by atoms with van der Waals surface area (Å²) < 4.78 is 13.5. The predicted molar refractivity (Wildman–Crippen MR) is 156 cm³/mol. The van der Waals surface area contributed by atoms with Gasteiger partial charge in [-0.05, 0) is 75.4 Å². The van der Waals surface area contributed by atoms with Crippen LogP contribution in [-0.2, 0) is 4.74 Å². The molecule has 2 saturated heterocycles. The molecule has 2 aromatic heterocycles. The maximum atomic E-state index is 12.3. The van der Waals surface area contributed by atoms with Gasteiger partial charge >= 0.3 is 6.09 Å². The van der Waals surface area contributed by atoms with E-state index in [0.717, 1.165) is 72.8 Å². The SMILES string of the molecule is CC(C)(C)OC(=O)N1CC(N2CC3(CC(n4nc(-c5ccc(Oc6ccccc6)cc5)c5c(N)ncnc54)C3)C2)C1. The Kier molecular flexibility index (Phi) is 5.93. The topological polar surface area (TPSA) is 112 Å². The molecule has 3 aliphatic rings. The first-order valence-electron chi connectivity index (χ1n) is 14.2. The van der Waals surface area contributed by atoms with Crippen molar-refractivity contribution in [1.29, 1.82) is 0 Å². The highest BCUT2D eigenvalue weighted by molar-refractivity contribution is 5.98. The molecule has 10 heteroatoms. The van der Waals surface area contributed by atoms with Crippen LogP contribution in [0.2, 0.25) is 0 Å². The molecule has 2 aromatic carbocycles. The maximum absolute atomic E-state index is 12.3. The van der Waals surface area contributed by atoms with E-state index in [4.69, 9.17) is 20.3 Å². The number of aromatic nitrogens is 4. The molecule has 41 heavy (non-hydrogen) atoms. The number of nitrogen functional groups attached to an aromatic ring is 1. The lowest BCUT2D eigenvalue weighted by molar-refractivity contribution is -0.133. The number of rotatable bonds is 5. The Morgan fingerprint density at radius 3 is 2.32 bits per heavy atom. The fourth-order valence-corrected chi connectivity index (χ4v) is 6.36. The standard InChI is InChI=1S/C31H35N7O3/c1-30(2,3)41-29(39)36-15-22(16-36)37-17-31(18-37)13-21(14-31)38-28-25(27(32)33-19-34-28)26(35-38)20-9-11-24(12-10-20)40-23-7-5-4-6-8-23/h4-12,19,21-22H,13-18H2,1-3H3,(H2,32,33,34). The van der Waals surface area contributed by atoms with Crippen LogP contribution in [0.3, 0.4) is 0 Å². The second kappa shape index (κ2) is 9.44. The zero-order valence-electron chi connectivity index (χ0n) is 23.7. The van der Waals surface area contributed by atoms with Crippen LogP contribution in [0.4, 0.5) is 10.6 Å². The summed E-state index contributed by atoms with van der Waals surface area (Å²) in [5, 5.41) is 5.83. The number of nitrogens with two attached hydrogens (primary N) is 1. The van der Waals surface area contributed by atoms with Gasteiger partial charge in [0.1, 0.15) is 34.9 Å². The summed E-state index contributed by atoms with van der Waals surface area (Å²) >= 11 is 0. The number of carbonyl (C=O) groups is 1. The Balaban J connectivity index is 1.02. The Labute approximate surface area is 239 Å². The zero-order chi connectivity index (χ0) is 28.4. The second-order valence-electron chi connectivity index (χ2n) is 12.7. The van der Waals surface area contributed by atoms with Crippen LogP contribution in [0.1, 0.15) is 39.7 Å². The first kappa shape index (κ1) is 25.8. The molecule has 1 aliphatic carbocycles. The van der Waals surface area contributed by atoms with Gasteiger partial charge < -0.3 is 20.1 Å². The average Bonchev–Trinajstić information content (AvgIpc) is 3.24. The van der Waals surface area contributed by atoms with Gasteiger partial charge in [-0.3, -0.25) is 4.90 Å². The molecule has 0 bridgehead atoms. The third kappa shape index (κ3) is 4.76. The lowest BCUT2D eigenvalue weighted by Crippen LogP contribution is -2.71. The Bertz CT molecular complexity index is 1580. The zero-order valence-corrected chi connectivity index (χ0v) is 23.7. The van der Waals surface area contributed by atoms with Crippen LogP contribution in [0, 0.1) is 5.41 Å². The van der Waals surface area contributed by atoms with E-state index in [-0.39, 0.29) is 12.1 Å². The van der Waals surface area contributed by atoms with Gasteiger partial charge in [0.25, 0.3) is 0 Å². The van der Waals surface area contributed by atoms with Gasteiger partial charge in [-0.25, -0.2) is 19.4 Å². The number of hydrogen-bond acceptors (Lipinski definition) is 8. The summed E-state index contributed by atoms with van der Waals surface area (Å²) in [6.07, 6.45) is 3.41. The van der Waals surface area contributed by atoms with E-state index >= 15 is 0 Å². The minimum Gasteiger partial charge on any atom is -0.457 e. The number of benzene rings is 2. The smallest absolute Gasteiger partial charge is 0.410 e. The van der Waals surface area contributed by atoms with Crippen LogP contribution >= 0.6 is 0 Å². The highest BCUT2D eigenvalue weighted by atomic mass is 16.6. The van der Waals surface area contributed by atoms with Crippen LogP contribution in [0.25, 0.3) is 22.3 Å². The molecule has 3 fully saturated rings. The normalized spacial score (nSPS) is 19.0. The Morgan fingerprint density at radius 1 is 0.951 bits per heavy atom. The van der Waals surface area contributed by atoms with Crippen molar-refractivity contribution in [2.75, 3.05) is 31.9 Å². The van der Waals surface area contributed by atoms with E-state index in [1.807, 2.05) is 75.4 Å². The second-order valence-corrected chi connectivity index (χ2v) is 12.7. The van der Waals surface area contributed by atoms with Crippen molar-refractivity contribution in [3.8, 4) is 22.8 Å². The van der Waals surface area contributed by atoms with Gasteiger partial charge in [-0.1, -0.05) is 18.2 Å². The third-order valence-electron chi connectivity index (χ3n) is 8.42. The van der Waals surface area contributed by atoms with Crippen molar-refractivity contribution in [3.63, 3.8) is 0 Å². The van der Waals surface area contributed by atoms with E-state index in [9.17, 15) is 4.79 Å². The quantitative estimate of drug-likeness (QED) is 0.362. The third-order valence-corrected chi connectivity index (χ3v) is 8.42. The molecule has 4 heterocycles. The van der Waals surface area contributed by atoms with Gasteiger partial charge in [0, 0.05) is 37.8 Å². The lowest BCUT2D eigenvalue weighted by Gasteiger charge is -2.63. The number of nitrogens with zero attached hydrogens (tertiary/aromatic N) is 6. The molecule has 2 aliphatic heterocycles. The van der Waals surface area contributed by atoms with Crippen molar-refractivity contribution < 1.29 is 14.3 Å². The molecule has 1 amide bonds. The first-order valence-corrected chi connectivity index (χ1v) is 14.2. The van der Waals surface area contributed by atoms with Crippen LogP contribution in [0.5, 0.6) is 11.5 Å². The van der Waals surface area contributed by atoms with Gasteiger partial charge in [0.2, 0.25) is 0 Å². The molecule has 0 atom stereocenters. The maximum Gasteiger partial charge on any atom is 0.410 e. The summed E-state index contributed by atoms with van der Waals surface area (Å²) in [4.78, 5) is 25.5. The van der Waals surface area contributed by atoms with Crippen molar-refractivity contribution in [2.24, 2.45) is 5.41 Å². The molecular formula is C31H35N7O3. The minimum atomic E-state index is -0.462. The summed E-state index contributed by atoms with van der Waals surface area (Å²) in [6.45, 7) is 9.31. The number of likely N-dealkylation sites (tertiary alicyclic amines) is 2. The molecule has 4 aromatic rings. The number of hydrogen-bond donors (Lipinski definition) is 1. The Hall–Kier alpha value is -4.18. The number of carbonyl (C=O) groups excluding carboxylic acids is 1. The number of ether oxygens (including phenoxy) is 2. The summed E-state index contributed by atoms with van der Waals surface area (Å²) in [5.74, 6) is 1.98. The van der Waals surface area contributed by atoms with E-state index < -0.39 is 5.60 Å². The summed E-state index contributed by atoms with van der Waals surface area (Å²) in [7, 11) is 0. The molecular weight excluding hydrogens is 518 g/mol. The van der Waals surface area contributed by atoms with Gasteiger partial charge in [0.05, 0.1) is 11.4 Å². The number of amides is 1. The molecule has 212 valence electrons. The van der Waals surface area contributed by atoms with Crippen molar-refractivity contribution in [3.05, 3.63) is 60.9 Å². The predicted octanol–water partition coefficient (Wildman–Crippen LogP) is 5.12. The van der Waals surface area contributed by atoms with Crippen molar-refractivity contribution in [1.82, 2.24) is 29.5 Å². The average molecular weight is 554 g/mol. The molecule has 0 radical (unpaired) electrons. The van der Waals surface area contributed by atoms with Crippen LogP contribution in [0.15, 0.2) is 60.9 Å². The van der Waals surface area contributed by atoms with E-state index in [0.29, 0.717) is 17.3 Å². The fraction of sp³-hybridized carbons (Fsp3) is 0.419. The monoisotopic (exact) mass is 553 g/mol. The highest BCUT2D eigenvalue weighted by Crippen LogP contribution is 2.55. The van der Waals surface area contributed by atoms with E-state index in [2.05, 4.69) is 19.5 Å². The fourth-order valence-electron chi connectivity index (χ4n) is 6.36. The van der Waals surface area contributed by atoms with E-state index in [1.165, 1.54) is 6.33 Å². The Morgan fingerprint density at radius 2 is 1.63 bits per heavy atom. The van der Waals surface area contributed by atoms with Crippen LogP contribution in [-0.4, -0.2) is 73.5 Å². The molecule has 7 rings (SSSR count). The van der Waals surface area contributed by atoms with E-state index in [1.54, 1.807) is 4.90 Å². The van der Waals surface area contributed by atoms with Crippen molar-refractivity contribution in [2.45, 2.75) is 51.3 Å². The number of fused-ring (bicyclic) bond motifs is 1. The first-order chi connectivity index (χ1) is 19.7. The van der Waals surface area contributed by atoms with Crippen LogP contribution < -0.4 is 10.5 Å². The minimum absolute atomic E-state index is 0.214. The number of para-hydroxylation sites is 1. The summed E-state index contributed by atoms with van der Waals surface area (Å²) in [6, 6.07) is 18.3. The van der Waals surface area contributed by atoms with Crippen molar-refractivity contribution >= 4 is 22.9 Å². The lowest BCUT2D eigenvalue weighted by atomic mass is 9.60. The molecule has 2 N–H and O–H groups in total. The highest BCUT2D eigenvalue weighted by Gasteiger charge is 2.56. The molecule has 0 unspecified atom stereocenters. The van der Waals surface area contributed by atoms with Gasteiger partial charge in [0.15, 0.2) is 5.65 Å². The largest absolute Gasteiger partial charge is 0.457 e. The molecule has 1 spiro atoms. The molecule has 1 saturated carbocycles. The summed E-state index contributed by atoms with van der Waals surface area (Å²) in [5.41, 5.74) is 8.72. The molecule has 10 nitrogen and oxygen atoms in total. The number of anilines is 1.